The van der Waals surface area contributed by atoms with E-state index in [0.29, 0.717) is 18.6 Å². The van der Waals surface area contributed by atoms with Crippen LogP contribution in [0.5, 0.6) is 0 Å². The van der Waals surface area contributed by atoms with Crippen molar-refractivity contribution >= 4 is 29.9 Å². The first kappa shape index (κ1) is 24.4. The van der Waals surface area contributed by atoms with Crippen molar-refractivity contribution in [2.75, 3.05) is 20.1 Å². The molecule has 0 unspecified atom stereocenters. The summed E-state index contributed by atoms with van der Waals surface area (Å²) in [5.41, 5.74) is 2.16. The first-order chi connectivity index (χ1) is 13.0. The van der Waals surface area contributed by atoms with Crippen LogP contribution in [0.1, 0.15) is 39.9 Å². The summed E-state index contributed by atoms with van der Waals surface area (Å²) in [4.78, 5) is 14.6. The Hall–Kier alpha value is -1.61. The van der Waals surface area contributed by atoms with E-state index in [9.17, 15) is 0 Å². The zero-order valence-electron chi connectivity index (χ0n) is 17.7. The molecule has 0 amide bonds. The van der Waals surface area contributed by atoms with Gasteiger partial charge in [-0.15, -0.1) is 24.0 Å². The van der Waals surface area contributed by atoms with Gasteiger partial charge in [0.2, 0.25) is 0 Å². The van der Waals surface area contributed by atoms with Gasteiger partial charge in [0.05, 0.1) is 18.4 Å². The number of hydrogen-bond donors (Lipinski definition) is 3. The van der Waals surface area contributed by atoms with Crippen LogP contribution in [0.15, 0.2) is 41.5 Å². The van der Waals surface area contributed by atoms with Gasteiger partial charge < -0.3 is 15.6 Å². The maximum Gasteiger partial charge on any atom is 0.191 e. The molecule has 2 aromatic rings. The maximum absolute atomic E-state index is 4.45. The molecule has 156 valence electrons. The van der Waals surface area contributed by atoms with Gasteiger partial charge in [-0.05, 0) is 39.7 Å². The standard InChI is InChI=1S/C21H34N6.HI/c1-16(2)27(17(3)4)13-9-12-23-21(22-5)25-15-20-24-14-19(26-20)18-10-7-6-8-11-18;/h6-8,10-11,14,16-17H,9,12-13,15H2,1-5H3,(H,24,26)(H2,22,23,25);1H. The summed E-state index contributed by atoms with van der Waals surface area (Å²) in [7, 11) is 1.79. The van der Waals surface area contributed by atoms with Crippen molar-refractivity contribution in [1.82, 2.24) is 25.5 Å². The molecule has 6 nitrogen and oxygen atoms in total. The third kappa shape index (κ3) is 7.79. The summed E-state index contributed by atoms with van der Waals surface area (Å²) in [6.07, 6.45) is 2.95. The lowest BCUT2D eigenvalue weighted by Crippen LogP contribution is -2.41. The molecule has 0 radical (unpaired) electrons. The van der Waals surface area contributed by atoms with Crippen molar-refractivity contribution in [3.8, 4) is 11.3 Å². The second kappa shape index (κ2) is 12.8. The van der Waals surface area contributed by atoms with Crippen LogP contribution in [-0.2, 0) is 6.54 Å². The number of aromatic amines is 1. The number of rotatable bonds is 9. The molecule has 0 spiro atoms. The van der Waals surface area contributed by atoms with E-state index in [0.717, 1.165) is 42.6 Å². The third-order valence-corrected chi connectivity index (χ3v) is 4.57. The average molecular weight is 498 g/mol. The lowest BCUT2D eigenvalue weighted by Gasteiger charge is -2.30. The first-order valence-electron chi connectivity index (χ1n) is 9.80. The predicted octanol–water partition coefficient (Wildman–Crippen LogP) is 3.87. The molecule has 7 heteroatoms. The summed E-state index contributed by atoms with van der Waals surface area (Å²) in [5.74, 6) is 1.69. The van der Waals surface area contributed by atoms with Gasteiger partial charge in [0.15, 0.2) is 5.96 Å². The molecular formula is C21H35IN6. The minimum atomic E-state index is 0. The largest absolute Gasteiger partial charge is 0.356 e. The highest BCUT2D eigenvalue weighted by Crippen LogP contribution is 2.15. The number of aliphatic imine (C=N–C) groups is 1. The zero-order chi connectivity index (χ0) is 19.6. The molecule has 0 aliphatic heterocycles. The number of hydrogen-bond acceptors (Lipinski definition) is 3. The van der Waals surface area contributed by atoms with E-state index in [1.165, 1.54) is 0 Å². The quantitative estimate of drug-likeness (QED) is 0.213. The number of benzene rings is 1. The SMILES string of the molecule is CN=C(NCCCN(C(C)C)C(C)C)NCc1ncc(-c2ccccc2)[nH]1.I. The van der Waals surface area contributed by atoms with E-state index in [1.807, 2.05) is 24.4 Å². The van der Waals surface area contributed by atoms with Crippen LogP contribution in [0.4, 0.5) is 0 Å². The lowest BCUT2D eigenvalue weighted by molar-refractivity contribution is 0.173. The second-order valence-corrected chi connectivity index (χ2v) is 7.24. The highest BCUT2D eigenvalue weighted by atomic mass is 127. The predicted molar refractivity (Wildman–Crippen MR) is 129 cm³/mol. The minimum Gasteiger partial charge on any atom is -0.356 e. The van der Waals surface area contributed by atoms with E-state index in [-0.39, 0.29) is 24.0 Å². The van der Waals surface area contributed by atoms with Crippen molar-refractivity contribution in [2.45, 2.75) is 52.7 Å². The Balaban J connectivity index is 0.00000392. The van der Waals surface area contributed by atoms with Crippen LogP contribution < -0.4 is 10.6 Å². The minimum absolute atomic E-state index is 0. The fourth-order valence-corrected chi connectivity index (χ4v) is 3.19. The van der Waals surface area contributed by atoms with Gasteiger partial charge in [-0.2, -0.15) is 0 Å². The molecule has 0 aliphatic carbocycles. The normalized spacial score (nSPS) is 11.8. The molecule has 0 aliphatic rings. The smallest absolute Gasteiger partial charge is 0.191 e. The van der Waals surface area contributed by atoms with Crippen molar-refractivity contribution in [1.29, 1.82) is 0 Å². The van der Waals surface area contributed by atoms with Gasteiger partial charge in [-0.3, -0.25) is 9.89 Å². The highest BCUT2D eigenvalue weighted by Gasteiger charge is 2.12. The molecule has 2 rings (SSSR count). The van der Waals surface area contributed by atoms with Gasteiger partial charge >= 0.3 is 0 Å². The van der Waals surface area contributed by atoms with Crippen LogP contribution in [0.25, 0.3) is 11.3 Å². The average Bonchev–Trinajstić information content (AvgIpc) is 3.13. The Labute approximate surface area is 186 Å². The Morgan fingerprint density at radius 2 is 1.79 bits per heavy atom. The number of nitrogens with zero attached hydrogens (tertiary/aromatic N) is 3. The number of nitrogens with one attached hydrogen (secondary N) is 3. The van der Waals surface area contributed by atoms with Crippen LogP contribution in [-0.4, -0.2) is 53.0 Å². The van der Waals surface area contributed by atoms with E-state index in [2.05, 4.69) is 70.3 Å². The number of halogens is 1. The van der Waals surface area contributed by atoms with Crippen molar-refractivity contribution < 1.29 is 0 Å². The van der Waals surface area contributed by atoms with Crippen molar-refractivity contribution in [3.05, 3.63) is 42.4 Å². The first-order valence-corrected chi connectivity index (χ1v) is 9.80. The Kier molecular flexibility index (Phi) is 11.1. The number of imidazole rings is 1. The summed E-state index contributed by atoms with van der Waals surface area (Å²) >= 11 is 0. The van der Waals surface area contributed by atoms with Gasteiger partial charge in [-0.1, -0.05) is 30.3 Å². The van der Waals surface area contributed by atoms with E-state index in [1.54, 1.807) is 7.05 Å². The molecule has 0 atom stereocenters. The molecule has 28 heavy (non-hydrogen) atoms. The van der Waals surface area contributed by atoms with Crippen molar-refractivity contribution in [3.63, 3.8) is 0 Å². The molecule has 1 aromatic heterocycles. The summed E-state index contributed by atoms with van der Waals surface area (Å²) < 4.78 is 0. The third-order valence-electron chi connectivity index (χ3n) is 4.57. The number of aromatic nitrogens is 2. The van der Waals surface area contributed by atoms with Crippen molar-refractivity contribution in [2.24, 2.45) is 4.99 Å². The van der Waals surface area contributed by atoms with E-state index >= 15 is 0 Å². The molecule has 0 bridgehead atoms. The number of H-pyrrole nitrogens is 1. The monoisotopic (exact) mass is 498 g/mol. The zero-order valence-corrected chi connectivity index (χ0v) is 20.0. The van der Waals surface area contributed by atoms with E-state index in [4.69, 9.17) is 0 Å². The van der Waals surface area contributed by atoms with Crippen LogP contribution in [0, 0.1) is 0 Å². The molecule has 0 saturated carbocycles. The molecule has 1 aromatic carbocycles. The molecule has 3 N–H and O–H groups in total. The fraction of sp³-hybridized carbons (Fsp3) is 0.524. The second-order valence-electron chi connectivity index (χ2n) is 7.24. The molecule has 0 fully saturated rings. The topological polar surface area (TPSA) is 68.3 Å². The number of guanidine groups is 1. The van der Waals surface area contributed by atoms with Crippen LogP contribution >= 0.6 is 24.0 Å². The Morgan fingerprint density at radius 3 is 2.39 bits per heavy atom. The van der Waals surface area contributed by atoms with E-state index < -0.39 is 0 Å². The maximum atomic E-state index is 4.45. The highest BCUT2D eigenvalue weighted by molar-refractivity contribution is 14.0. The molecule has 0 saturated heterocycles. The lowest BCUT2D eigenvalue weighted by atomic mass is 10.2. The summed E-state index contributed by atoms with van der Waals surface area (Å²) in [6, 6.07) is 11.4. The Morgan fingerprint density at radius 1 is 1.11 bits per heavy atom. The van der Waals surface area contributed by atoms with Gasteiger partial charge in [0, 0.05) is 32.2 Å². The summed E-state index contributed by atoms with van der Waals surface area (Å²) in [6.45, 7) is 11.6. The van der Waals surface area contributed by atoms with Gasteiger partial charge in [0.1, 0.15) is 5.82 Å². The van der Waals surface area contributed by atoms with Crippen LogP contribution in [0.2, 0.25) is 0 Å². The van der Waals surface area contributed by atoms with Gasteiger partial charge in [0.25, 0.3) is 0 Å². The molecule has 1 heterocycles. The molecular weight excluding hydrogens is 463 g/mol. The van der Waals surface area contributed by atoms with Gasteiger partial charge in [-0.25, -0.2) is 4.98 Å². The summed E-state index contributed by atoms with van der Waals surface area (Å²) in [5, 5.41) is 6.70. The van der Waals surface area contributed by atoms with Crippen LogP contribution in [0.3, 0.4) is 0 Å². The Bertz CT molecular complexity index is 688. The fourth-order valence-electron chi connectivity index (χ4n) is 3.19.